The molecule has 1 aromatic heterocycles. The standard InChI is InChI=1S/C65H92N14O18S2/c1-39(81)51(36-80)72-64(96)53-38-99-98-37-52(73-60(92)48(28-41-10-4-3-5-11-41)68-54(84)32-76-20-22-77(33-55(85)86)24-26-79(35-57(89)90)27-25-78(23-21-76)34-56(87)88)63(95)70-49(29-42-15-17-44(83)18-16-42)61(93)71-50(30-43-31-67-46-13-7-6-12-45(43)46)62(94)69-47(14-8-9-19-66)59(91)75-58(40(2)82)65(97)74-53/h3-7,10-13,15-18,31,39-40,47-53,58,67,80-83H,8-9,14,19-30,32-38,66H2,1-2H3,(H,68,84)(H,69,94)(H,70,95)(H,71,93)(H,72,96)(H,73,92)(H,74,97)(H,75,91)(H,85,86)(H,87,88)(H,89,90)/t39-,40?,47?,48-,49?,50-,51-,52+,53+,58?/m1/s1. The molecule has 8 amide bonds. The third-order valence-corrected chi connectivity index (χ3v) is 19.0. The van der Waals surface area contributed by atoms with Gasteiger partial charge in [0.25, 0.3) is 0 Å². The second-order valence-corrected chi connectivity index (χ2v) is 27.0. The predicted molar refractivity (Wildman–Crippen MR) is 366 cm³/mol. The SMILES string of the molecule is CC(O)C1NC(=O)C(CCCCN)NC(=O)[C@@H](Cc2c[nH]c3ccccc23)NC(=O)C(Cc2ccc(O)cc2)NC(=O)[C@@H](NC(=O)[C@@H](Cc2ccccc2)NC(=O)CN2CCN(CC(=O)O)CCN(CC(=O)O)CCN(CC(=O)O)CC2)CSSC[C@@H](C(=O)N[C@H](CO)[C@@H](C)O)NC1=O. The number of fused-ring (bicyclic) bond motifs is 1. The van der Waals surface area contributed by atoms with E-state index in [9.17, 15) is 74.1 Å². The van der Waals surface area contributed by atoms with Crippen LogP contribution in [-0.2, 0) is 72.0 Å². The molecule has 2 saturated heterocycles. The second-order valence-electron chi connectivity index (χ2n) is 24.5. The Bertz CT molecular complexity index is 3320. The number of aliphatic hydroxyl groups excluding tert-OH is 3. The van der Waals surface area contributed by atoms with Crippen molar-refractivity contribution in [2.24, 2.45) is 5.73 Å². The van der Waals surface area contributed by atoms with Gasteiger partial charge >= 0.3 is 17.9 Å². The van der Waals surface area contributed by atoms with Crippen molar-refractivity contribution in [2.75, 3.05) is 103 Å². The first-order valence-electron chi connectivity index (χ1n) is 32.5. The van der Waals surface area contributed by atoms with Gasteiger partial charge in [-0.2, -0.15) is 0 Å². The van der Waals surface area contributed by atoms with Gasteiger partial charge in [-0.15, -0.1) is 0 Å². The van der Waals surface area contributed by atoms with Gasteiger partial charge in [-0.25, -0.2) is 0 Å². The number of aliphatic carboxylic acids is 3. The van der Waals surface area contributed by atoms with E-state index in [0.717, 1.165) is 21.6 Å². The van der Waals surface area contributed by atoms with E-state index in [1.54, 1.807) is 80.4 Å². The highest BCUT2D eigenvalue weighted by molar-refractivity contribution is 8.76. The molecule has 0 bridgehead atoms. The molecule has 34 heteroatoms. The Labute approximate surface area is 580 Å². The topological polar surface area (TPSA) is 480 Å². The minimum atomic E-state index is -1.77. The lowest BCUT2D eigenvalue weighted by atomic mass is 10.0. The number of aromatic amines is 1. The molecule has 18 N–H and O–H groups in total. The van der Waals surface area contributed by atoms with Crippen molar-refractivity contribution in [3.8, 4) is 5.75 Å². The van der Waals surface area contributed by atoms with Crippen molar-refractivity contribution < 1.29 is 88.5 Å². The van der Waals surface area contributed by atoms with Crippen molar-refractivity contribution in [3.63, 3.8) is 0 Å². The molecule has 6 rings (SSSR count). The molecule has 2 fully saturated rings. The largest absolute Gasteiger partial charge is 0.508 e. The van der Waals surface area contributed by atoms with Crippen molar-refractivity contribution in [2.45, 2.75) is 113 Å². The van der Waals surface area contributed by atoms with Crippen LogP contribution in [0, 0.1) is 0 Å². The monoisotopic (exact) mass is 1420 g/mol. The number of benzene rings is 3. The number of unbranched alkanes of at least 4 members (excludes halogenated alkanes) is 1. The Morgan fingerprint density at radius 2 is 1.12 bits per heavy atom. The zero-order valence-corrected chi connectivity index (χ0v) is 56.8. The van der Waals surface area contributed by atoms with Crippen LogP contribution in [0.4, 0.5) is 0 Å². The summed E-state index contributed by atoms with van der Waals surface area (Å²) in [5.74, 6) is -11.6. The molecule has 0 aliphatic carbocycles. The number of para-hydroxylation sites is 1. The fourth-order valence-corrected chi connectivity index (χ4v) is 13.4. The van der Waals surface area contributed by atoms with Crippen LogP contribution in [0.15, 0.2) is 85.1 Å². The lowest BCUT2D eigenvalue weighted by Crippen LogP contribution is -2.62. The van der Waals surface area contributed by atoms with Gasteiger partial charge in [0.15, 0.2) is 0 Å². The minimum absolute atomic E-state index is 0.0540. The molecule has 3 aromatic carbocycles. The number of carboxylic acid groups (broad SMARTS) is 3. The van der Waals surface area contributed by atoms with Crippen LogP contribution in [-0.4, -0.2) is 289 Å². The molecule has 0 spiro atoms. The maximum atomic E-state index is 15.3. The Morgan fingerprint density at radius 1 is 0.596 bits per heavy atom. The highest BCUT2D eigenvalue weighted by Gasteiger charge is 2.37. The van der Waals surface area contributed by atoms with Crippen molar-refractivity contribution in [1.82, 2.24) is 67.1 Å². The number of hydrogen-bond acceptors (Lipinski definition) is 22. The first-order valence-corrected chi connectivity index (χ1v) is 35.0. The van der Waals surface area contributed by atoms with Crippen LogP contribution in [0.25, 0.3) is 10.9 Å². The Balaban J connectivity index is 1.40. The molecule has 10 atom stereocenters. The first kappa shape index (κ1) is 79.5. The smallest absolute Gasteiger partial charge is 0.317 e. The molecule has 99 heavy (non-hydrogen) atoms. The Morgan fingerprint density at radius 3 is 1.68 bits per heavy atom. The number of H-pyrrole nitrogens is 1. The third kappa shape index (κ3) is 27.0. The van der Waals surface area contributed by atoms with Crippen molar-refractivity contribution in [3.05, 3.63) is 102 Å². The Hall–Kier alpha value is -8.45. The highest BCUT2D eigenvalue weighted by atomic mass is 33.1. The number of nitrogens with two attached hydrogens (primary N) is 1. The molecule has 542 valence electrons. The number of carbonyl (C=O) groups excluding carboxylic acids is 8. The van der Waals surface area contributed by atoms with Crippen molar-refractivity contribution >= 4 is 97.7 Å². The number of rotatable bonds is 26. The summed E-state index contributed by atoms with van der Waals surface area (Å²) < 4.78 is 0. The van der Waals surface area contributed by atoms with E-state index in [1.807, 2.05) is 0 Å². The molecule has 3 heterocycles. The first-order chi connectivity index (χ1) is 47.3. The zero-order chi connectivity index (χ0) is 72.1. The predicted octanol–water partition coefficient (Wildman–Crippen LogP) is -3.47. The molecule has 32 nitrogen and oxygen atoms in total. The van der Waals surface area contributed by atoms with E-state index in [2.05, 4.69) is 47.5 Å². The number of phenolic OH excluding ortho intramolecular Hbond substituents is 1. The summed E-state index contributed by atoms with van der Waals surface area (Å²) in [7, 11) is 1.81. The van der Waals surface area contributed by atoms with Crippen LogP contribution in [0.1, 0.15) is 49.8 Å². The molecule has 4 unspecified atom stereocenters. The van der Waals surface area contributed by atoms with Crippen LogP contribution < -0.4 is 48.3 Å². The summed E-state index contributed by atoms with van der Waals surface area (Å²) in [5.41, 5.74) is 8.05. The number of hydrogen-bond donors (Lipinski definition) is 17. The average molecular weight is 1420 g/mol. The number of aromatic nitrogens is 1. The number of carboxylic acids is 3. The highest BCUT2D eigenvalue weighted by Crippen LogP contribution is 2.25. The molecular weight excluding hydrogens is 1330 g/mol. The average Bonchev–Trinajstić information content (AvgIpc) is 1.73. The lowest BCUT2D eigenvalue weighted by molar-refractivity contribution is -0.140. The number of aliphatic hydroxyl groups is 3. The summed E-state index contributed by atoms with van der Waals surface area (Å²) in [6.45, 7) is 1.08. The Kier molecular flexibility index (Phi) is 32.6. The minimum Gasteiger partial charge on any atom is -0.508 e. The molecular formula is C65H92N14O18S2. The number of phenols is 1. The zero-order valence-electron chi connectivity index (χ0n) is 55.2. The maximum absolute atomic E-state index is 15.3. The molecule has 2 aliphatic rings. The molecule has 2 aliphatic heterocycles. The summed E-state index contributed by atoms with van der Waals surface area (Å²) in [6, 6.07) is 9.21. The second kappa shape index (κ2) is 40.6. The molecule has 0 radical (unpaired) electrons. The van der Waals surface area contributed by atoms with E-state index in [4.69, 9.17) is 5.73 Å². The van der Waals surface area contributed by atoms with Gasteiger partial charge in [-0.05, 0) is 74.5 Å². The van der Waals surface area contributed by atoms with Crippen LogP contribution in [0.3, 0.4) is 0 Å². The third-order valence-electron chi connectivity index (χ3n) is 16.6. The maximum Gasteiger partial charge on any atom is 0.317 e. The van der Waals surface area contributed by atoms with E-state index in [1.165, 1.54) is 38.1 Å². The van der Waals surface area contributed by atoms with Gasteiger partial charge in [-0.1, -0.05) is 82.3 Å². The number of nitrogens with one attached hydrogen (secondary N) is 9. The van der Waals surface area contributed by atoms with E-state index < -0.39 is 152 Å². The summed E-state index contributed by atoms with van der Waals surface area (Å²) in [6.07, 6.45) is -1.31. The van der Waals surface area contributed by atoms with Crippen LogP contribution in [0.2, 0.25) is 0 Å². The molecule has 0 saturated carbocycles. The van der Waals surface area contributed by atoms with Gasteiger partial charge in [0.2, 0.25) is 47.3 Å². The van der Waals surface area contributed by atoms with Crippen molar-refractivity contribution in [1.29, 1.82) is 0 Å². The fourth-order valence-electron chi connectivity index (χ4n) is 11.1. The quantitative estimate of drug-likeness (QED) is 0.0215. The van der Waals surface area contributed by atoms with Gasteiger partial charge in [0.05, 0.1) is 51.0 Å². The lowest BCUT2D eigenvalue weighted by Gasteiger charge is -2.33. The normalized spacial score (nSPS) is 22.0. The fraction of sp³-hybridized carbons (Fsp3) is 0.523. The number of amides is 8. The van der Waals surface area contributed by atoms with Gasteiger partial charge in [0.1, 0.15) is 48.0 Å². The molecule has 4 aromatic rings. The summed E-state index contributed by atoms with van der Waals surface area (Å²) >= 11 is 0. The van der Waals surface area contributed by atoms with Gasteiger partial charge in [0, 0.05) is 100 Å². The van der Waals surface area contributed by atoms with Gasteiger partial charge < -0.3 is 89.0 Å². The van der Waals surface area contributed by atoms with Gasteiger partial charge in [-0.3, -0.25) is 72.3 Å². The van der Waals surface area contributed by atoms with Crippen LogP contribution in [0.5, 0.6) is 5.75 Å². The van der Waals surface area contributed by atoms with E-state index in [0.29, 0.717) is 34.0 Å². The number of aromatic hydroxyl groups is 1. The van der Waals surface area contributed by atoms with E-state index in [-0.39, 0.29) is 115 Å². The number of carbonyl (C=O) groups is 11. The van der Waals surface area contributed by atoms with Crippen LogP contribution >= 0.6 is 21.6 Å². The summed E-state index contributed by atoms with van der Waals surface area (Å²) in [5, 5.41) is 93.2. The summed E-state index contributed by atoms with van der Waals surface area (Å²) in [4.78, 5) is 163. The van der Waals surface area contributed by atoms with E-state index >= 15 is 14.4 Å². The number of nitrogens with zero attached hydrogens (tertiary/aromatic N) is 4.